The first-order valence-electron chi connectivity index (χ1n) is 15.0. The molecule has 0 fully saturated rings. The van der Waals surface area contributed by atoms with Gasteiger partial charge in [-0.15, -0.1) is 0 Å². The molecule has 0 N–H and O–H groups in total. The van der Waals surface area contributed by atoms with Crippen LogP contribution in [0.25, 0.3) is 56.4 Å². The predicted molar refractivity (Wildman–Crippen MR) is 183 cm³/mol. The van der Waals surface area contributed by atoms with E-state index in [1.807, 2.05) is 13.8 Å². The third kappa shape index (κ3) is 5.36. The lowest BCUT2D eigenvalue weighted by Crippen LogP contribution is -2.07. The predicted octanol–water partition coefficient (Wildman–Crippen LogP) is 11.3. The summed E-state index contributed by atoms with van der Waals surface area (Å²) in [5.41, 5.74) is 13.0. The summed E-state index contributed by atoms with van der Waals surface area (Å²) in [4.78, 5) is 0. The highest BCUT2D eigenvalue weighted by molar-refractivity contribution is 5.77. The van der Waals surface area contributed by atoms with Crippen LogP contribution in [0.15, 0.2) is 164 Å². The fourth-order valence-electron chi connectivity index (χ4n) is 5.83. The third-order valence-electron chi connectivity index (χ3n) is 7.80. The molecule has 2 heteroatoms. The Bertz CT molecular complexity index is 1660. The van der Waals surface area contributed by atoms with E-state index in [1.54, 1.807) is 0 Å². The van der Waals surface area contributed by atoms with Crippen LogP contribution in [0.2, 0.25) is 0 Å². The molecule has 7 aromatic rings. The van der Waals surface area contributed by atoms with Crippen molar-refractivity contribution < 1.29 is 0 Å². The van der Waals surface area contributed by atoms with Gasteiger partial charge in [-0.2, -0.15) is 0 Å². The van der Waals surface area contributed by atoms with Crippen molar-refractivity contribution in [2.75, 3.05) is 0 Å². The molecule has 0 aliphatic carbocycles. The van der Waals surface area contributed by atoms with Gasteiger partial charge < -0.3 is 9.13 Å². The third-order valence-corrected chi connectivity index (χ3v) is 7.80. The minimum atomic E-state index is 1.16. The monoisotopic (exact) mass is 556 g/mol. The van der Waals surface area contributed by atoms with E-state index in [-0.39, 0.29) is 0 Å². The van der Waals surface area contributed by atoms with Gasteiger partial charge >= 0.3 is 0 Å². The Kier molecular flexibility index (Phi) is 8.19. The molecule has 0 aliphatic heterocycles. The lowest BCUT2D eigenvalue weighted by molar-refractivity contribution is 1.03. The fourth-order valence-corrected chi connectivity index (χ4v) is 5.83. The van der Waals surface area contributed by atoms with E-state index in [0.29, 0.717) is 0 Å². The van der Waals surface area contributed by atoms with Crippen molar-refractivity contribution in [2.45, 2.75) is 20.8 Å². The number of hydrogen-bond acceptors (Lipinski definition) is 0. The first-order valence-corrected chi connectivity index (χ1v) is 15.0. The van der Waals surface area contributed by atoms with E-state index in [0.717, 1.165) is 11.4 Å². The molecule has 43 heavy (non-hydrogen) atoms. The summed E-state index contributed by atoms with van der Waals surface area (Å²) >= 11 is 0. The van der Waals surface area contributed by atoms with E-state index >= 15 is 0 Å². The first kappa shape index (κ1) is 27.8. The molecular formula is C41H36N2. The van der Waals surface area contributed by atoms with Crippen molar-refractivity contribution in [3.63, 3.8) is 0 Å². The molecule has 0 aliphatic rings. The Balaban J connectivity index is 0.00000161. The van der Waals surface area contributed by atoms with Gasteiger partial charge in [0.2, 0.25) is 0 Å². The molecule has 0 saturated heterocycles. The number of hydrogen-bond donors (Lipinski definition) is 0. The lowest BCUT2D eigenvalue weighted by Gasteiger charge is -2.22. The van der Waals surface area contributed by atoms with Crippen molar-refractivity contribution in [3.8, 4) is 56.4 Å². The quantitative estimate of drug-likeness (QED) is 0.193. The zero-order valence-electron chi connectivity index (χ0n) is 25.0. The summed E-state index contributed by atoms with van der Waals surface area (Å²) < 4.78 is 4.83. The van der Waals surface area contributed by atoms with Gasteiger partial charge in [-0.25, -0.2) is 0 Å². The second kappa shape index (κ2) is 12.7. The number of nitrogens with zero attached hydrogens (tertiary/aromatic N) is 2. The molecule has 7 rings (SSSR count). The van der Waals surface area contributed by atoms with Gasteiger partial charge in [0.25, 0.3) is 0 Å². The van der Waals surface area contributed by atoms with E-state index in [9.17, 15) is 0 Å². The average molecular weight is 557 g/mol. The van der Waals surface area contributed by atoms with Crippen LogP contribution < -0.4 is 0 Å². The van der Waals surface area contributed by atoms with Crippen LogP contribution in [0.1, 0.15) is 19.4 Å². The van der Waals surface area contributed by atoms with E-state index in [4.69, 9.17) is 0 Å². The SMILES string of the molecule is CC.Cc1c(-n2c(-c3ccccc3)ccc2-c2ccccc2)cccc1-n1c(-c2ccccc2)ccc1-c1ccccc1. The zero-order chi connectivity index (χ0) is 29.6. The maximum Gasteiger partial charge on any atom is 0.0535 e. The Labute approximate surface area is 255 Å². The highest BCUT2D eigenvalue weighted by atomic mass is 15.0. The summed E-state index contributed by atoms with van der Waals surface area (Å²) in [5, 5.41) is 0. The van der Waals surface area contributed by atoms with Gasteiger partial charge in [0.1, 0.15) is 0 Å². The maximum absolute atomic E-state index is 2.41. The summed E-state index contributed by atoms with van der Waals surface area (Å²) in [6.45, 7) is 6.25. The minimum Gasteiger partial charge on any atom is -0.309 e. The molecule has 0 spiro atoms. The molecule has 2 nitrogen and oxygen atoms in total. The van der Waals surface area contributed by atoms with Crippen molar-refractivity contribution in [1.29, 1.82) is 0 Å². The van der Waals surface area contributed by atoms with Gasteiger partial charge in [0.15, 0.2) is 0 Å². The van der Waals surface area contributed by atoms with E-state index in [2.05, 4.69) is 180 Å². The van der Waals surface area contributed by atoms with Gasteiger partial charge in [-0.1, -0.05) is 141 Å². The van der Waals surface area contributed by atoms with Gasteiger partial charge in [-0.05, 0) is 71.1 Å². The molecular weight excluding hydrogens is 520 g/mol. The lowest BCUT2D eigenvalue weighted by atomic mass is 10.1. The maximum atomic E-state index is 2.41. The average Bonchev–Trinajstić information content (AvgIpc) is 3.73. The Morgan fingerprint density at radius 1 is 0.302 bits per heavy atom. The molecule has 0 atom stereocenters. The summed E-state index contributed by atoms with van der Waals surface area (Å²) in [5.74, 6) is 0. The molecule has 5 aromatic carbocycles. The molecule has 0 saturated carbocycles. The smallest absolute Gasteiger partial charge is 0.0535 e. The van der Waals surface area contributed by atoms with Crippen LogP contribution >= 0.6 is 0 Å². The van der Waals surface area contributed by atoms with Crippen molar-refractivity contribution in [1.82, 2.24) is 9.13 Å². The topological polar surface area (TPSA) is 9.86 Å². The molecule has 2 aromatic heterocycles. The molecule has 0 amide bonds. The van der Waals surface area contributed by atoms with Crippen LogP contribution in [0.5, 0.6) is 0 Å². The van der Waals surface area contributed by atoms with Crippen molar-refractivity contribution in [3.05, 3.63) is 169 Å². The molecule has 0 unspecified atom stereocenters. The number of benzene rings is 5. The van der Waals surface area contributed by atoms with E-state index in [1.165, 1.54) is 50.6 Å². The van der Waals surface area contributed by atoms with Gasteiger partial charge in [-0.3, -0.25) is 0 Å². The Morgan fingerprint density at radius 3 is 0.814 bits per heavy atom. The minimum absolute atomic E-state index is 1.16. The summed E-state index contributed by atoms with van der Waals surface area (Å²) in [7, 11) is 0. The summed E-state index contributed by atoms with van der Waals surface area (Å²) in [6.07, 6.45) is 0. The Morgan fingerprint density at radius 2 is 0.558 bits per heavy atom. The highest BCUT2D eigenvalue weighted by Crippen LogP contribution is 2.38. The number of aromatic nitrogens is 2. The van der Waals surface area contributed by atoms with Gasteiger partial charge in [0, 0.05) is 0 Å². The fraction of sp³-hybridized carbons (Fsp3) is 0.0732. The van der Waals surface area contributed by atoms with Crippen LogP contribution in [-0.4, -0.2) is 9.13 Å². The number of rotatable bonds is 6. The van der Waals surface area contributed by atoms with Crippen LogP contribution in [0.3, 0.4) is 0 Å². The standard InChI is InChI=1S/C39H30N2.C2H6/c1-29-34(40-36(30-15-6-2-7-16-30)25-26-37(40)31-17-8-3-9-18-31)23-14-24-35(29)41-38(32-19-10-4-11-20-32)27-28-39(41)33-21-12-5-13-22-33;1-2/h2-28H,1H3;1-2H3. The van der Waals surface area contributed by atoms with Crippen molar-refractivity contribution >= 4 is 0 Å². The van der Waals surface area contributed by atoms with Crippen LogP contribution in [0, 0.1) is 6.92 Å². The molecule has 210 valence electrons. The van der Waals surface area contributed by atoms with Crippen molar-refractivity contribution in [2.24, 2.45) is 0 Å². The van der Waals surface area contributed by atoms with Crippen LogP contribution in [-0.2, 0) is 0 Å². The molecule has 2 heterocycles. The normalized spacial score (nSPS) is 10.7. The van der Waals surface area contributed by atoms with Crippen LogP contribution in [0.4, 0.5) is 0 Å². The highest BCUT2D eigenvalue weighted by Gasteiger charge is 2.20. The molecule has 0 radical (unpaired) electrons. The second-order valence-electron chi connectivity index (χ2n) is 10.3. The van der Waals surface area contributed by atoms with Gasteiger partial charge in [0.05, 0.1) is 34.2 Å². The second-order valence-corrected chi connectivity index (χ2v) is 10.3. The zero-order valence-corrected chi connectivity index (χ0v) is 25.0. The van der Waals surface area contributed by atoms with E-state index < -0.39 is 0 Å². The Hall–Kier alpha value is -5.34. The largest absolute Gasteiger partial charge is 0.309 e. The molecule has 0 bridgehead atoms. The first-order chi connectivity index (χ1) is 21.3. The summed E-state index contributed by atoms with van der Waals surface area (Å²) in [6, 6.07) is 58.3.